The molecule has 0 aliphatic heterocycles. The van der Waals surface area contributed by atoms with Crippen LogP contribution in [0.4, 0.5) is 22.0 Å². The van der Waals surface area contributed by atoms with Crippen molar-refractivity contribution in [1.29, 1.82) is 0 Å². The van der Waals surface area contributed by atoms with E-state index in [4.69, 9.17) is 0 Å². The lowest BCUT2D eigenvalue weighted by atomic mass is 10.1. The van der Waals surface area contributed by atoms with Gasteiger partial charge in [0.05, 0.1) is 0 Å². The van der Waals surface area contributed by atoms with Crippen LogP contribution in [0.15, 0.2) is 0 Å². The van der Waals surface area contributed by atoms with Crippen LogP contribution in [0, 0.1) is 0 Å². The average Bonchev–Trinajstić information content (AvgIpc) is 2.48. The number of unbranched alkanes of at least 4 members (excludes halogenated alkanes) is 5. The summed E-state index contributed by atoms with van der Waals surface area (Å²) in [6, 6.07) is 0. The number of hydrogen-bond donors (Lipinski definition) is 0. The molecule has 0 aromatic rings. The fraction of sp³-hybridized carbons (Fsp3) is 1.00. The second-order valence-corrected chi connectivity index (χ2v) is 7.86. The van der Waals surface area contributed by atoms with E-state index in [0.29, 0.717) is 12.8 Å². The number of hydrogen-bond acceptors (Lipinski definition) is 3. The molecule has 0 unspecified atom stereocenters. The van der Waals surface area contributed by atoms with Crippen molar-refractivity contribution in [3.63, 3.8) is 0 Å². The summed E-state index contributed by atoms with van der Waals surface area (Å²) in [6.45, 7) is 0.329. The van der Waals surface area contributed by atoms with Crippen LogP contribution in [0.2, 0.25) is 0 Å². The van der Waals surface area contributed by atoms with Gasteiger partial charge in [-0.1, -0.05) is 39.0 Å². The van der Waals surface area contributed by atoms with E-state index in [2.05, 4.69) is 13.3 Å². The number of rotatable bonds is 13. The Morgan fingerprint density at radius 2 is 1.36 bits per heavy atom. The molecule has 0 heterocycles. The summed E-state index contributed by atoms with van der Waals surface area (Å²) < 4.78 is 81.1. The Kier molecular flexibility index (Phi) is 9.68. The Balaban J connectivity index is 4.75. The van der Waals surface area contributed by atoms with Gasteiger partial charge in [-0.25, -0.2) is 4.39 Å². The number of halogens is 5. The third-order valence-corrected chi connectivity index (χ3v) is 6.17. The molecule has 0 aromatic heterocycles. The van der Waals surface area contributed by atoms with Crippen molar-refractivity contribution in [3.05, 3.63) is 0 Å². The zero-order valence-corrected chi connectivity index (χ0v) is 14.3. The van der Waals surface area contributed by atoms with E-state index in [-0.39, 0.29) is 6.42 Å². The number of alkyl halides is 5. The second-order valence-electron chi connectivity index (χ2n) is 5.01. The van der Waals surface area contributed by atoms with Gasteiger partial charge in [-0.3, -0.25) is 0 Å². The minimum Gasteiger partial charge on any atom is -0.373 e. The quantitative estimate of drug-likeness (QED) is 0.273. The second kappa shape index (κ2) is 9.79. The van der Waals surface area contributed by atoms with Gasteiger partial charge < -0.3 is 13.3 Å². The maximum absolute atomic E-state index is 14.1. The van der Waals surface area contributed by atoms with Crippen molar-refractivity contribution in [2.75, 3.05) is 21.1 Å². The molecule has 0 spiro atoms. The Morgan fingerprint density at radius 3 is 1.82 bits per heavy atom. The van der Waals surface area contributed by atoms with Gasteiger partial charge in [-0.15, -0.1) is 0 Å². The minimum absolute atomic E-state index is 0.0557. The van der Waals surface area contributed by atoms with Crippen LogP contribution in [0.5, 0.6) is 0 Å². The van der Waals surface area contributed by atoms with Crippen LogP contribution in [0.3, 0.4) is 0 Å². The molecule has 3 nitrogen and oxygen atoms in total. The molecule has 22 heavy (non-hydrogen) atoms. The smallest absolute Gasteiger partial charge is 0.373 e. The molecule has 0 N–H and O–H groups in total. The van der Waals surface area contributed by atoms with Crippen LogP contribution in [-0.4, -0.2) is 41.4 Å². The molecule has 0 atom stereocenters. The lowest BCUT2D eigenvalue weighted by Gasteiger charge is -2.36. The maximum atomic E-state index is 14.1. The Labute approximate surface area is 129 Å². The van der Waals surface area contributed by atoms with E-state index in [1.165, 1.54) is 0 Å². The molecule has 0 rings (SSSR count). The molecule has 0 fully saturated rings. The van der Waals surface area contributed by atoms with Crippen molar-refractivity contribution in [1.82, 2.24) is 0 Å². The minimum atomic E-state index is -5.15. The van der Waals surface area contributed by atoms with Gasteiger partial charge in [-0.05, 0) is 6.42 Å². The van der Waals surface area contributed by atoms with Crippen molar-refractivity contribution in [2.24, 2.45) is 0 Å². The summed E-state index contributed by atoms with van der Waals surface area (Å²) in [4.78, 5) is 0. The monoisotopic (exact) mass is 352 g/mol. The predicted octanol–water partition coefficient (Wildman–Crippen LogP) is 4.72. The summed E-state index contributed by atoms with van der Waals surface area (Å²) in [6.07, 6.45) is 2.95. The highest BCUT2D eigenvalue weighted by Gasteiger charge is 2.76. The molecular weight excluding hydrogens is 327 g/mol. The Bertz CT molecular complexity index is 301. The summed E-state index contributed by atoms with van der Waals surface area (Å²) in [5, 5.41) is 0. The zero-order chi connectivity index (χ0) is 17.3. The largest absolute Gasteiger partial charge is 0.583 e. The summed E-state index contributed by atoms with van der Waals surface area (Å²) in [7, 11) is -3.65. The van der Waals surface area contributed by atoms with Crippen LogP contribution in [0.25, 0.3) is 0 Å². The lowest BCUT2D eigenvalue weighted by molar-refractivity contribution is -0.202. The molecule has 0 aliphatic rings. The third-order valence-electron chi connectivity index (χ3n) is 3.47. The van der Waals surface area contributed by atoms with Gasteiger partial charge in [-0.2, -0.15) is 17.6 Å². The third kappa shape index (κ3) is 5.14. The molecule has 134 valence electrons. The predicted molar refractivity (Wildman–Crippen MR) is 74.7 cm³/mol. The Morgan fingerprint density at radius 1 is 0.864 bits per heavy atom. The highest BCUT2D eigenvalue weighted by Crippen LogP contribution is 2.45. The fourth-order valence-electron chi connectivity index (χ4n) is 2.13. The molecular formula is C13H25F5O3Si. The molecule has 0 bridgehead atoms. The topological polar surface area (TPSA) is 27.7 Å². The first-order valence-electron chi connectivity index (χ1n) is 7.30. The highest BCUT2D eigenvalue weighted by atomic mass is 28.4. The Hall–Kier alpha value is -0.253. The van der Waals surface area contributed by atoms with Gasteiger partial charge in [0.2, 0.25) is 0 Å². The first kappa shape index (κ1) is 21.7. The summed E-state index contributed by atoms with van der Waals surface area (Å²) in [5.41, 5.74) is -4.70. The molecule has 0 aromatic carbocycles. The van der Waals surface area contributed by atoms with E-state index in [1.54, 1.807) is 0 Å². The molecule has 9 heteroatoms. The SMILES string of the molecule is CCCCCCCCC(F)(F)C(F)(F)[Si](OC)(OC)OCF. The summed E-state index contributed by atoms with van der Waals surface area (Å²) in [5.74, 6) is -4.38. The van der Waals surface area contributed by atoms with Crippen molar-refractivity contribution in [2.45, 2.75) is 63.3 Å². The van der Waals surface area contributed by atoms with E-state index in [1.807, 2.05) is 6.92 Å². The fourth-order valence-corrected chi connectivity index (χ4v) is 3.94. The van der Waals surface area contributed by atoms with Crippen molar-refractivity contribution >= 4 is 8.80 Å². The molecule has 0 aliphatic carbocycles. The van der Waals surface area contributed by atoms with Crippen LogP contribution < -0.4 is 0 Å². The average molecular weight is 352 g/mol. The van der Waals surface area contributed by atoms with Gasteiger partial charge in [0.25, 0.3) is 0 Å². The van der Waals surface area contributed by atoms with Crippen molar-refractivity contribution < 1.29 is 35.2 Å². The van der Waals surface area contributed by atoms with Crippen LogP contribution in [-0.2, 0) is 13.3 Å². The highest BCUT2D eigenvalue weighted by molar-refractivity contribution is 6.63. The first-order chi connectivity index (χ1) is 10.2. The van der Waals surface area contributed by atoms with Gasteiger partial charge in [0.15, 0.2) is 6.86 Å². The zero-order valence-electron chi connectivity index (χ0n) is 13.3. The lowest BCUT2D eigenvalue weighted by Crippen LogP contribution is -2.67. The van der Waals surface area contributed by atoms with E-state index in [9.17, 15) is 22.0 Å². The van der Waals surface area contributed by atoms with Gasteiger partial charge in [0, 0.05) is 20.6 Å². The molecule has 0 amide bonds. The molecule has 0 saturated heterocycles. The van der Waals surface area contributed by atoms with E-state index >= 15 is 0 Å². The summed E-state index contributed by atoms with van der Waals surface area (Å²) >= 11 is 0. The van der Waals surface area contributed by atoms with Gasteiger partial charge in [0.1, 0.15) is 0 Å². The van der Waals surface area contributed by atoms with Crippen LogP contribution >= 0.6 is 0 Å². The van der Waals surface area contributed by atoms with Gasteiger partial charge >= 0.3 is 20.3 Å². The van der Waals surface area contributed by atoms with Crippen LogP contribution in [0.1, 0.15) is 51.9 Å². The molecule has 0 saturated carbocycles. The standard InChI is InChI=1S/C13H25F5O3Si/c1-4-5-6-7-8-9-10-12(15,16)13(17,18)22(19-2,20-3)21-11-14/h4-11H2,1-3H3. The maximum Gasteiger partial charge on any atom is 0.583 e. The van der Waals surface area contributed by atoms with Crippen molar-refractivity contribution in [3.8, 4) is 0 Å². The van der Waals surface area contributed by atoms with E-state index in [0.717, 1.165) is 33.5 Å². The molecule has 0 radical (unpaired) electrons. The van der Waals surface area contributed by atoms with E-state index < -0.39 is 33.6 Å². The first-order valence-corrected chi connectivity index (χ1v) is 9.03. The normalized spacial score (nSPS) is 13.6.